The fourth-order valence-electron chi connectivity index (χ4n) is 2.68. The van der Waals surface area contributed by atoms with Crippen molar-refractivity contribution in [3.63, 3.8) is 0 Å². The van der Waals surface area contributed by atoms with Crippen molar-refractivity contribution in [3.8, 4) is 17.3 Å². The van der Waals surface area contributed by atoms with Gasteiger partial charge < -0.3 is 10.1 Å². The Morgan fingerprint density at radius 3 is 2.41 bits per heavy atom. The normalized spacial score (nSPS) is 10.7. The number of nitrogens with one attached hydrogen (secondary N) is 1. The van der Waals surface area contributed by atoms with Gasteiger partial charge >= 0.3 is 6.01 Å². The molecule has 140 valence electrons. The Balaban J connectivity index is 1.86. The molecule has 8 heteroatoms. The van der Waals surface area contributed by atoms with Crippen molar-refractivity contribution in [1.82, 2.24) is 19.7 Å². The first-order valence-corrected chi connectivity index (χ1v) is 8.48. The highest BCUT2D eigenvalue weighted by Crippen LogP contribution is 2.23. The average molecular weight is 369 g/mol. The number of halogens is 1. The van der Waals surface area contributed by atoms with Gasteiger partial charge in [0, 0.05) is 12.6 Å². The highest BCUT2D eigenvalue weighted by molar-refractivity contribution is 6.04. The van der Waals surface area contributed by atoms with E-state index >= 15 is 0 Å². The lowest BCUT2D eigenvalue weighted by atomic mass is 10.1. The lowest BCUT2D eigenvalue weighted by molar-refractivity contribution is 0.101. The Kier molecular flexibility index (Phi) is 5.16. The first-order chi connectivity index (χ1) is 12.9. The minimum atomic E-state index is -0.336. The third-order valence-electron chi connectivity index (χ3n) is 4.01. The standard InChI is InChI=1S/C19H20FN5O2/c1-5-27-19-21-11(2)17(12(3)22-19)23-18(26)16-10-15(24-25(16)4)13-6-8-14(20)9-7-13/h6-10H,5H2,1-4H3,(H,23,26). The fourth-order valence-corrected chi connectivity index (χ4v) is 2.68. The van der Waals surface area contributed by atoms with E-state index in [1.54, 1.807) is 39.1 Å². The molecule has 0 aliphatic carbocycles. The molecule has 0 saturated heterocycles. The number of hydrogen-bond acceptors (Lipinski definition) is 5. The van der Waals surface area contributed by atoms with E-state index in [0.717, 1.165) is 5.56 Å². The maximum Gasteiger partial charge on any atom is 0.316 e. The van der Waals surface area contributed by atoms with Crippen LogP contribution < -0.4 is 10.1 Å². The Morgan fingerprint density at radius 2 is 1.81 bits per heavy atom. The van der Waals surface area contributed by atoms with Crippen LogP contribution in [-0.4, -0.2) is 32.3 Å². The van der Waals surface area contributed by atoms with Crippen LogP contribution in [0.1, 0.15) is 28.8 Å². The Hall–Kier alpha value is -3.29. The van der Waals surface area contributed by atoms with E-state index in [-0.39, 0.29) is 17.7 Å². The first kappa shape index (κ1) is 18.5. The van der Waals surface area contributed by atoms with Gasteiger partial charge in [-0.3, -0.25) is 9.48 Å². The molecule has 0 aliphatic heterocycles. The molecule has 1 N–H and O–H groups in total. The molecule has 2 heterocycles. The van der Waals surface area contributed by atoms with Gasteiger partial charge in [0.2, 0.25) is 0 Å². The van der Waals surface area contributed by atoms with E-state index in [9.17, 15) is 9.18 Å². The van der Waals surface area contributed by atoms with Gasteiger partial charge in [0.1, 0.15) is 11.5 Å². The van der Waals surface area contributed by atoms with Crippen molar-refractivity contribution in [2.24, 2.45) is 7.05 Å². The summed E-state index contributed by atoms with van der Waals surface area (Å²) in [5, 5.41) is 7.18. The monoisotopic (exact) mass is 369 g/mol. The minimum absolute atomic E-state index is 0.282. The second-order valence-electron chi connectivity index (χ2n) is 5.98. The van der Waals surface area contributed by atoms with Gasteiger partial charge in [-0.15, -0.1) is 0 Å². The molecule has 2 aromatic heterocycles. The molecule has 0 aliphatic rings. The molecule has 0 bridgehead atoms. The van der Waals surface area contributed by atoms with E-state index in [1.165, 1.54) is 16.8 Å². The van der Waals surface area contributed by atoms with E-state index in [0.29, 0.717) is 35.1 Å². The van der Waals surface area contributed by atoms with Crippen molar-refractivity contribution in [2.45, 2.75) is 20.8 Å². The number of amides is 1. The first-order valence-electron chi connectivity index (χ1n) is 8.48. The second kappa shape index (κ2) is 7.53. The number of anilines is 1. The molecule has 3 aromatic rings. The molecule has 0 atom stereocenters. The van der Waals surface area contributed by atoms with Crippen LogP contribution in [0.15, 0.2) is 30.3 Å². The SMILES string of the molecule is CCOc1nc(C)c(NC(=O)c2cc(-c3ccc(F)cc3)nn2C)c(C)n1. The summed E-state index contributed by atoms with van der Waals surface area (Å²) in [7, 11) is 1.68. The second-order valence-corrected chi connectivity index (χ2v) is 5.98. The van der Waals surface area contributed by atoms with Crippen molar-refractivity contribution in [1.29, 1.82) is 0 Å². The van der Waals surface area contributed by atoms with Crippen LogP contribution in [-0.2, 0) is 7.05 Å². The van der Waals surface area contributed by atoms with Crippen LogP contribution in [0.3, 0.4) is 0 Å². The summed E-state index contributed by atoms with van der Waals surface area (Å²) in [5.74, 6) is -0.661. The molecule has 0 spiro atoms. The molecule has 1 aromatic carbocycles. The van der Waals surface area contributed by atoms with Crippen LogP contribution in [0, 0.1) is 19.7 Å². The Morgan fingerprint density at radius 1 is 1.19 bits per heavy atom. The minimum Gasteiger partial charge on any atom is -0.464 e. The molecule has 0 radical (unpaired) electrons. The van der Waals surface area contributed by atoms with Crippen molar-refractivity contribution >= 4 is 11.6 Å². The molecule has 0 unspecified atom stereocenters. The number of carbonyl (C=O) groups excluding carboxylic acids is 1. The quantitative estimate of drug-likeness (QED) is 0.746. The Bertz CT molecular complexity index is 959. The average Bonchev–Trinajstić information content (AvgIpc) is 3.01. The summed E-state index contributed by atoms with van der Waals surface area (Å²) in [6.45, 7) is 5.87. The van der Waals surface area contributed by atoms with Crippen LogP contribution in [0.2, 0.25) is 0 Å². The number of hydrogen-bond donors (Lipinski definition) is 1. The zero-order chi connectivity index (χ0) is 19.6. The number of nitrogens with zero attached hydrogens (tertiary/aromatic N) is 4. The topological polar surface area (TPSA) is 81.9 Å². The van der Waals surface area contributed by atoms with E-state index in [4.69, 9.17) is 4.74 Å². The Labute approximate surface area is 156 Å². The van der Waals surface area contributed by atoms with E-state index < -0.39 is 0 Å². The molecule has 0 saturated carbocycles. The number of aromatic nitrogens is 4. The zero-order valence-electron chi connectivity index (χ0n) is 15.6. The predicted octanol–water partition coefficient (Wildman–Crippen LogP) is 3.28. The van der Waals surface area contributed by atoms with Crippen LogP contribution in [0.4, 0.5) is 10.1 Å². The predicted molar refractivity (Wildman–Crippen MR) is 99.2 cm³/mol. The van der Waals surface area contributed by atoms with Gasteiger partial charge in [-0.25, -0.2) is 4.39 Å². The van der Waals surface area contributed by atoms with Gasteiger partial charge in [0.15, 0.2) is 0 Å². The summed E-state index contributed by atoms with van der Waals surface area (Å²) >= 11 is 0. The lowest BCUT2D eigenvalue weighted by Crippen LogP contribution is -2.18. The molecule has 27 heavy (non-hydrogen) atoms. The van der Waals surface area contributed by atoms with Crippen LogP contribution in [0.5, 0.6) is 6.01 Å². The largest absolute Gasteiger partial charge is 0.464 e. The van der Waals surface area contributed by atoms with Crippen LogP contribution >= 0.6 is 0 Å². The van der Waals surface area contributed by atoms with Gasteiger partial charge in [0.25, 0.3) is 5.91 Å². The van der Waals surface area contributed by atoms with Crippen molar-refractivity contribution in [3.05, 3.63) is 53.2 Å². The molecule has 3 rings (SSSR count). The van der Waals surface area contributed by atoms with Crippen LogP contribution in [0.25, 0.3) is 11.3 Å². The maximum absolute atomic E-state index is 13.1. The lowest BCUT2D eigenvalue weighted by Gasteiger charge is -2.12. The van der Waals surface area contributed by atoms with Crippen molar-refractivity contribution < 1.29 is 13.9 Å². The van der Waals surface area contributed by atoms with Gasteiger partial charge in [-0.05, 0) is 51.1 Å². The summed E-state index contributed by atoms with van der Waals surface area (Å²) in [4.78, 5) is 21.2. The van der Waals surface area contributed by atoms with Gasteiger partial charge in [-0.2, -0.15) is 15.1 Å². The number of rotatable bonds is 5. The summed E-state index contributed by atoms with van der Waals surface area (Å²) < 4.78 is 19.9. The molecule has 0 fully saturated rings. The van der Waals surface area contributed by atoms with Gasteiger partial charge in [0.05, 0.1) is 29.4 Å². The summed E-state index contributed by atoms with van der Waals surface area (Å²) in [5.41, 5.74) is 3.43. The van der Waals surface area contributed by atoms with E-state index in [2.05, 4.69) is 20.4 Å². The highest BCUT2D eigenvalue weighted by Gasteiger charge is 2.18. The van der Waals surface area contributed by atoms with E-state index in [1.807, 2.05) is 6.92 Å². The third-order valence-corrected chi connectivity index (χ3v) is 4.01. The number of carbonyl (C=O) groups is 1. The summed E-state index contributed by atoms with van der Waals surface area (Å²) in [6, 6.07) is 7.89. The highest BCUT2D eigenvalue weighted by atomic mass is 19.1. The zero-order valence-corrected chi connectivity index (χ0v) is 15.6. The molecular formula is C19H20FN5O2. The number of benzene rings is 1. The molecular weight excluding hydrogens is 349 g/mol. The molecule has 7 nitrogen and oxygen atoms in total. The molecule has 1 amide bonds. The number of aryl methyl sites for hydroxylation is 3. The number of ether oxygens (including phenoxy) is 1. The fraction of sp³-hybridized carbons (Fsp3) is 0.263. The smallest absolute Gasteiger partial charge is 0.316 e. The third kappa shape index (κ3) is 3.94. The summed E-state index contributed by atoms with van der Waals surface area (Å²) in [6.07, 6.45) is 0. The van der Waals surface area contributed by atoms with Crippen molar-refractivity contribution in [2.75, 3.05) is 11.9 Å². The van der Waals surface area contributed by atoms with Gasteiger partial charge in [-0.1, -0.05) is 0 Å². The maximum atomic E-state index is 13.1.